The number of fused-ring (bicyclic) bond motifs is 1. The predicted octanol–water partition coefficient (Wildman–Crippen LogP) is 4.20. The van der Waals surface area contributed by atoms with Crippen molar-refractivity contribution in [2.45, 2.75) is 24.5 Å². The number of rotatable bonds is 7. The number of hydrogen-bond acceptors (Lipinski definition) is 5. The molecular formula is C20H21F2NO4S. The molecule has 0 saturated heterocycles. The predicted molar refractivity (Wildman–Crippen MR) is 102 cm³/mol. The zero-order chi connectivity index (χ0) is 19.9. The summed E-state index contributed by atoms with van der Waals surface area (Å²) in [6.45, 7) is -1.21. The third kappa shape index (κ3) is 5.76. The van der Waals surface area contributed by atoms with Crippen molar-refractivity contribution in [1.82, 2.24) is 4.90 Å². The topological polar surface area (TPSA) is 48.0 Å². The summed E-state index contributed by atoms with van der Waals surface area (Å²) in [5, 5.41) is 0. The number of ether oxygens (including phenoxy) is 3. The third-order valence-corrected chi connectivity index (χ3v) is 5.05. The van der Waals surface area contributed by atoms with E-state index in [1.54, 1.807) is 24.1 Å². The Kier molecular flexibility index (Phi) is 6.97. The first-order chi connectivity index (χ1) is 13.5. The molecular weight excluding hydrogens is 388 g/mol. The normalized spacial score (nSPS) is 13.1. The van der Waals surface area contributed by atoms with Crippen molar-refractivity contribution in [2.75, 3.05) is 26.0 Å². The second-order valence-corrected chi connectivity index (χ2v) is 7.27. The second-order valence-electron chi connectivity index (χ2n) is 6.22. The van der Waals surface area contributed by atoms with Crippen molar-refractivity contribution in [3.05, 3.63) is 48.0 Å². The summed E-state index contributed by atoms with van der Waals surface area (Å²) in [4.78, 5) is 14.9. The summed E-state index contributed by atoms with van der Waals surface area (Å²) < 4.78 is 40.0. The van der Waals surface area contributed by atoms with Crippen molar-refractivity contribution in [3.8, 4) is 17.2 Å². The van der Waals surface area contributed by atoms with E-state index in [2.05, 4.69) is 4.74 Å². The Labute approximate surface area is 166 Å². The molecule has 2 aromatic rings. The van der Waals surface area contributed by atoms with Crippen LogP contribution in [-0.4, -0.2) is 43.4 Å². The zero-order valence-electron chi connectivity index (χ0n) is 15.4. The van der Waals surface area contributed by atoms with Gasteiger partial charge in [-0.05, 0) is 35.9 Å². The highest BCUT2D eigenvalue weighted by Crippen LogP contribution is 2.34. The molecule has 0 unspecified atom stereocenters. The Morgan fingerprint density at radius 2 is 1.86 bits per heavy atom. The summed E-state index contributed by atoms with van der Waals surface area (Å²) in [5.41, 5.74) is 0.832. The van der Waals surface area contributed by atoms with Gasteiger partial charge in [-0.3, -0.25) is 4.79 Å². The molecule has 1 aliphatic rings. The summed E-state index contributed by atoms with van der Waals surface area (Å²) >= 11 is 1.43. The minimum absolute atomic E-state index is 0.0370. The standard InChI is InChI=1S/C20H21F2NO4S/c1-23(12-14-3-5-15(6-4-14)27-20(21)22)19(24)13-28-16-7-8-17-18(11-16)26-10-2-9-25-17/h3-8,11,20H,2,9-10,12-13H2,1H3. The Balaban J connectivity index is 1.51. The van der Waals surface area contributed by atoms with Crippen LogP contribution in [0.3, 0.4) is 0 Å². The molecule has 0 aromatic heterocycles. The fourth-order valence-corrected chi connectivity index (χ4v) is 3.49. The van der Waals surface area contributed by atoms with Crippen LogP contribution in [0.1, 0.15) is 12.0 Å². The van der Waals surface area contributed by atoms with Crippen molar-refractivity contribution >= 4 is 17.7 Å². The van der Waals surface area contributed by atoms with Gasteiger partial charge < -0.3 is 19.1 Å². The van der Waals surface area contributed by atoms with Gasteiger partial charge in [0.1, 0.15) is 5.75 Å². The number of alkyl halides is 2. The van der Waals surface area contributed by atoms with Crippen LogP contribution in [0.15, 0.2) is 47.4 Å². The number of amides is 1. The van der Waals surface area contributed by atoms with Gasteiger partial charge in [-0.15, -0.1) is 11.8 Å². The van der Waals surface area contributed by atoms with Crippen LogP contribution < -0.4 is 14.2 Å². The highest BCUT2D eigenvalue weighted by molar-refractivity contribution is 8.00. The van der Waals surface area contributed by atoms with Crippen molar-refractivity contribution in [1.29, 1.82) is 0 Å². The molecule has 3 rings (SSSR count). The Morgan fingerprint density at radius 3 is 2.57 bits per heavy atom. The molecule has 5 nitrogen and oxygen atoms in total. The lowest BCUT2D eigenvalue weighted by atomic mass is 10.2. The molecule has 28 heavy (non-hydrogen) atoms. The average Bonchev–Trinajstić information content (AvgIpc) is 2.92. The van der Waals surface area contributed by atoms with Gasteiger partial charge in [0.05, 0.1) is 19.0 Å². The molecule has 0 N–H and O–H groups in total. The highest BCUT2D eigenvalue weighted by atomic mass is 32.2. The van der Waals surface area contributed by atoms with Crippen LogP contribution in [0.5, 0.6) is 17.2 Å². The molecule has 0 saturated carbocycles. The minimum atomic E-state index is -2.85. The molecule has 0 atom stereocenters. The highest BCUT2D eigenvalue weighted by Gasteiger charge is 2.14. The number of carbonyl (C=O) groups excluding carboxylic acids is 1. The third-order valence-electron chi connectivity index (χ3n) is 4.08. The van der Waals surface area contributed by atoms with E-state index >= 15 is 0 Å². The Hall–Kier alpha value is -2.48. The molecule has 0 radical (unpaired) electrons. The molecule has 0 fully saturated rings. The van der Waals surface area contributed by atoms with Gasteiger partial charge in [0.2, 0.25) is 5.91 Å². The largest absolute Gasteiger partial charge is 0.490 e. The number of halogens is 2. The maximum absolute atomic E-state index is 12.4. The number of thioether (sulfide) groups is 1. The minimum Gasteiger partial charge on any atom is -0.490 e. The van der Waals surface area contributed by atoms with Crippen LogP contribution in [0.25, 0.3) is 0 Å². The molecule has 1 heterocycles. The zero-order valence-corrected chi connectivity index (χ0v) is 16.2. The molecule has 0 aliphatic carbocycles. The first kappa shape index (κ1) is 20.3. The first-order valence-corrected chi connectivity index (χ1v) is 9.80. The maximum Gasteiger partial charge on any atom is 0.387 e. The van der Waals surface area contributed by atoms with Gasteiger partial charge >= 0.3 is 6.61 Å². The van der Waals surface area contributed by atoms with Crippen LogP contribution in [0, 0.1) is 0 Å². The number of benzene rings is 2. The van der Waals surface area contributed by atoms with E-state index in [1.165, 1.54) is 23.9 Å². The lowest BCUT2D eigenvalue weighted by Crippen LogP contribution is -2.27. The molecule has 2 aromatic carbocycles. The summed E-state index contributed by atoms with van der Waals surface area (Å²) in [6.07, 6.45) is 0.843. The fraction of sp³-hybridized carbons (Fsp3) is 0.350. The number of hydrogen-bond donors (Lipinski definition) is 0. The quantitative estimate of drug-likeness (QED) is 0.642. The van der Waals surface area contributed by atoms with Gasteiger partial charge in [0, 0.05) is 24.9 Å². The van der Waals surface area contributed by atoms with Crippen molar-refractivity contribution < 1.29 is 27.8 Å². The van der Waals surface area contributed by atoms with Crippen LogP contribution in [0.4, 0.5) is 8.78 Å². The SMILES string of the molecule is CN(Cc1ccc(OC(F)F)cc1)C(=O)CSc1ccc2c(c1)OCCCO2. The van der Waals surface area contributed by atoms with E-state index < -0.39 is 6.61 Å². The van der Waals surface area contributed by atoms with E-state index in [9.17, 15) is 13.6 Å². The Morgan fingerprint density at radius 1 is 1.14 bits per heavy atom. The van der Waals surface area contributed by atoms with Gasteiger partial charge in [-0.25, -0.2) is 0 Å². The molecule has 1 amide bonds. The van der Waals surface area contributed by atoms with E-state index in [-0.39, 0.29) is 17.4 Å². The number of carbonyl (C=O) groups is 1. The number of nitrogens with zero attached hydrogens (tertiary/aromatic N) is 1. The van der Waals surface area contributed by atoms with Gasteiger partial charge in [-0.1, -0.05) is 12.1 Å². The summed E-state index contributed by atoms with van der Waals surface area (Å²) in [7, 11) is 1.71. The van der Waals surface area contributed by atoms with Crippen molar-refractivity contribution in [3.63, 3.8) is 0 Å². The molecule has 1 aliphatic heterocycles. The fourth-order valence-electron chi connectivity index (χ4n) is 2.63. The van der Waals surface area contributed by atoms with E-state index in [0.29, 0.717) is 25.5 Å². The maximum atomic E-state index is 12.4. The Bertz CT molecular complexity index is 801. The second kappa shape index (κ2) is 9.64. The van der Waals surface area contributed by atoms with E-state index in [0.717, 1.165) is 22.6 Å². The van der Waals surface area contributed by atoms with Gasteiger partial charge in [0.15, 0.2) is 11.5 Å². The van der Waals surface area contributed by atoms with Crippen LogP contribution in [-0.2, 0) is 11.3 Å². The average molecular weight is 409 g/mol. The lowest BCUT2D eigenvalue weighted by molar-refractivity contribution is -0.127. The van der Waals surface area contributed by atoms with E-state index in [4.69, 9.17) is 9.47 Å². The lowest BCUT2D eigenvalue weighted by Gasteiger charge is -2.17. The van der Waals surface area contributed by atoms with Gasteiger partial charge in [0.25, 0.3) is 0 Å². The molecule has 0 bridgehead atoms. The molecule has 8 heteroatoms. The molecule has 150 valence electrons. The molecule has 0 spiro atoms. The van der Waals surface area contributed by atoms with Crippen LogP contribution >= 0.6 is 11.8 Å². The van der Waals surface area contributed by atoms with E-state index in [1.807, 2.05) is 18.2 Å². The van der Waals surface area contributed by atoms with Crippen LogP contribution in [0.2, 0.25) is 0 Å². The monoisotopic (exact) mass is 409 g/mol. The first-order valence-electron chi connectivity index (χ1n) is 8.81. The van der Waals surface area contributed by atoms with Gasteiger partial charge in [-0.2, -0.15) is 8.78 Å². The van der Waals surface area contributed by atoms with Crippen molar-refractivity contribution in [2.24, 2.45) is 0 Å². The smallest absolute Gasteiger partial charge is 0.387 e. The summed E-state index contributed by atoms with van der Waals surface area (Å²) in [5.74, 6) is 1.77. The summed E-state index contributed by atoms with van der Waals surface area (Å²) in [6, 6.07) is 11.9.